The molecule has 0 fully saturated rings. The summed E-state index contributed by atoms with van der Waals surface area (Å²) in [5.74, 6) is -0.198. The second-order valence-corrected chi connectivity index (χ2v) is 4.70. The summed E-state index contributed by atoms with van der Waals surface area (Å²) in [4.78, 5) is 0. The Morgan fingerprint density at radius 2 is 1.95 bits per heavy atom. The van der Waals surface area contributed by atoms with Gasteiger partial charge in [-0.2, -0.15) is 0 Å². The molecule has 0 heterocycles. The van der Waals surface area contributed by atoms with Crippen LogP contribution in [0.5, 0.6) is 0 Å². The maximum absolute atomic E-state index is 13.6. The third kappa shape index (κ3) is 2.97. The molecular formula is C18H18FN. The minimum atomic E-state index is -0.198. The lowest BCUT2D eigenvalue weighted by atomic mass is 10.00. The van der Waals surface area contributed by atoms with Gasteiger partial charge in [0.2, 0.25) is 0 Å². The highest BCUT2D eigenvalue weighted by atomic mass is 19.1. The lowest BCUT2D eigenvalue weighted by Gasteiger charge is -2.14. The summed E-state index contributed by atoms with van der Waals surface area (Å²) in [6.07, 6.45) is 1.80. The molecule has 0 radical (unpaired) electrons. The highest BCUT2D eigenvalue weighted by Gasteiger charge is 2.07. The predicted molar refractivity (Wildman–Crippen MR) is 85.0 cm³/mol. The van der Waals surface area contributed by atoms with Gasteiger partial charge in [-0.3, -0.25) is 0 Å². The van der Waals surface area contributed by atoms with E-state index in [0.29, 0.717) is 12.1 Å². The van der Waals surface area contributed by atoms with Gasteiger partial charge in [-0.05, 0) is 24.6 Å². The molecule has 0 bridgehead atoms. The van der Waals surface area contributed by atoms with Crippen LogP contribution in [0, 0.1) is 5.82 Å². The van der Waals surface area contributed by atoms with Gasteiger partial charge in [0, 0.05) is 23.4 Å². The van der Waals surface area contributed by atoms with E-state index in [9.17, 15) is 4.39 Å². The summed E-state index contributed by atoms with van der Waals surface area (Å²) in [6, 6.07) is 12.7. The molecule has 0 amide bonds. The van der Waals surface area contributed by atoms with Crippen molar-refractivity contribution >= 4 is 17.3 Å². The Morgan fingerprint density at radius 1 is 1.20 bits per heavy atom. The normalized spacial score (nSPS) is 10.1. The topological polar surface area (TPSA) is 12.0 Å². The van der Waals surface area contributed by atoms with E-state index in [1.807, 2.05) is 31.2 Å². The Hall–Kier alpha value is -2.35. The third-order valence-electron chi connectivity index (χ3n) is 3.20. The summed E-state index contributed by atoms with van der Waals surface area (Å²) < 4.78 is 13.6. The summed E-state index contributed by atoms with van der Waals surface area (Å²) in [6.45, 7) is 10.2. The van der Waals surface area contributed by atoms with Crippen molar-refractivity contribution in [1.82, 2.24) is 0 Å². The molecule has 0 aliphatic heterocycles. The first-order chi connectivity index (χ1) is 9.63. The molecule has 0 aliphatic carbocycles. The largest absolute Gasteiger partial charge is 0.380 e. The van der Waals surface area contributed by atoms with E-state index in [1.165, 1.54) is 6.07 Å². The lowest BCUT2D eigenvalue weighted by Crippen LogP contribution is -2.04. The van der Waals surface area contributed by atoms with Crippen LogP contribution in [0.3, 0.4) is 0 Å². The minimum Gasteiger partial charge on any atom is -0.380 e. The predicted octanol–water partition coefficient (Wildman–Crippen LogP) is 5.11. The highest BCUT2D eigenvalue weighted by Crippen LogP contribution is 2.26. The average molecular weight is 267 g/mol. The Labute approximate surface area is 119 Å². The van der Waals surface area contributed by atoms with Crippen LogP contribution < -0.4 is 5.32 Å². The molecule has 0 atom stereocenters. The van der Waals surface area contributed by atoms with Crippen molar-refractivity contribution in [1.29, 1.82) is 0 Å². The van der Waals surface area contributed by atoms with E-state index in [-0.39, 0.29) is 5.82 Å². The number of anilines is 1. The molecule has 1 nitrogen and oxygen atoms in total. The smallest absolute Gasteiger partial charge is 0.128 e. The molecule has 0 unspecified atom stereocenters. The maximum Gasteiger partial charge on any atom is 0.128 e. The van der Waals surface area contributed by atoms with Crippen molar-refractivity contribution in [2.45, 2.75) is 13.5 Å². The van der Waals surface area contributed by atoms with Gasteiger partial charge in [0.05, 0.1) is 0 Å². The van der Waals surface area contributed by atoms with Gasteiger partial charge in [-0.25, -0.2) is 4.39 Å². The van der Waals surface area contributed by atoms with Gasteiger partial charge < -0.3 is 5.32 Å². The number of allylic oxidation sites excluding steroid dienone is 1. The van der Waals surface area contributed by atoms with Gasteiger partial charge in [0.15, 0.2) is 0 Å². The van der Waals surface area contributed by atoms with Gasteiger partial charge >= 0.3 is 0 Å². The van der Waals surface area contributed by atoms with Crippen LogP contribution in [0.4, 0.5) is 10.1 Å². The summed E-state index contributed by atoms with van der Waals surface area (Å²) in [5.41, 5.74) is 4.61. The Balaban J connectivity index is 2.26. The SMILES string of the molecule is C=Cc1c(NCc2ccccc2F)cccc1C(=C)C. The molecule has 0 aliphatic rings. The van der Waals surface area contributed by atoms with Crippen molar-refractivity contribution in [3.63, 3.8) is 0 Å². The maximum atomic E-state index is 13.6. The van der Waals surface area contributed by atoms with Crippen LogP contribution in [0.15, 0.2) is 55.6 Å². The van der Waals surface area contributed by atoms with Crippen LogP contribution in [0.25, 0.3) is 11.6 Å². The van der Waals surface area contributed by atoms with Crippen LogP contribution in [-0.2, 0) is 6.54 Å². The Bertz CT molecular complexity index is 644. The van der Waals surface area contributed by atoms with Crippen molar-refractivity contribution in [2.75, 3.05) is 5.32 Å². The van der Waals surface area contributed by atoms with E-state index in [0.717, 1.165) is 22.4 Å². The van der Waals surface area contributed by atoms with Crippen molar-refractivity contribution in [3.8, 4) is 0 Å². The van der Waals surface area contributed by atoms with E-state index in [2.05, 4.69) is 18.5 Å². The monoisotopic (exact) mass is 267 g/mol. The van der Waals surface area contributed by atoms with Crippen LogP contribution in [0.1, 0.15) is 23.6 Å². The number of rotatable bonds is 5. The molecule has 0 saturated carbocycles. The van der Waals surface area contributed by atoms with E-state index in [4.69, 9.17) is 0 Å². The van der Waals surface area contributed by atoms with Crippen LogP contribution in [0.2, 0.25) is 0 Å². The number of nitrogens with one attached hydrogen (secondary N) is 1. The Morgan fingerprint density at radius 3 is 2.60 bits per heavy atom. The molecule has 2 heteroatoms. The zero-order valence-corrected chi connectivity index (χ0v) is 11.6. The summed E-state index contributed by atoms with van der Waals surface area (Å²) in [5, 5.41) is 3.26. The second-order valence-electron chi connectivity index (χ2n) is 4.70. The van der Waals surface area contributed by atoms with Crippen molar-refractivity contribution < 1.29 is 4.39 Å². The first-order valence-electron chi connectivity index (χ1n) is 6.52. The fourth-order valence-electron chi connectivity index (χ4n) is 2.14. The number of halogens is 1. The van der Waals surface area contributed by atoms with Gasteiger partial charge in [0.25, 0.3) is 0 Å². The fourth-order valence-corrected chi connectivity index (χ4v) is 2.14. The van der Waals surface area contributed by atoms with E-state index < -0.39 is 0 Å². The van der Waals surface area contributed by atoms with E-state index >= 15 is 0 Å². The molecule has 2 aromatic rings. The molecular weight excluding hydrogens is 249 g/mol. The first-order valence-corrected chi connectivity index (χ1v) is 6.52. The lowest BCUT2D eigenvalue weighted by molar-refractivity contribution is 0.613. The number of hydrogen-bond donors (Lipinski definition) is 1. The molecule has 2 aromatic carbocycles. The second kappa shape index (κ2) is 6.20. The molecule has 0 saturated heterocycles. The molecule has 0 aromatic heterocycles. The fraction of sp³-hybridized carbons (Fsp3) is 0.111. The zero-order valence-electron chi connectivity index (χ0n) is 11.6. The van der Waals surface area contributed by atoms with Gasteiger partial charge in [0.1, 0.15) is 5.82 Å². The minimum absolute atomic E-state index is 0.198. The summed E-state index contributed by atoms with van der Waals surface area (Å²) in [7, 11) is 0. The quantitative estimate of drug-likeness (QED) is 0.793. The summed E-state index contributed by atoms with van der Waals surface area (Å²) >= 11 is 0. The standard InChI is InChI=1S/C18H18FN/c1-4-15-16(13(2)3)9-7-11-18(15)20-12-14-8-5-6-10-17(14)19/h4-11,20H,1-2,12H2,3H3. The first kappa shape index (κ1) is 14.1. The number of benzene rings is 2. The number of hydrogen-bond acceptors (Lipinski definition) is 1. The molecule has 0 spiro atoms. The molecule has 102 valence electrons. The van der Waals surface area contributed by atoms with Gasteiger partial charge in [-0.1, -0.05) is 55.1 Å². The third-order valence-corrected chi connectivity index (χ3v) is 3.20. The molecule has 1 N–H and O–H groups in total. The average Bonchev–Trinajstić information content (AvgIpc) is 2.45. The van der Waals surface area contributed by atoms with Crippen molar-refractivity contribution in [3.05, 3.63) is 78.1 Å². The Kier molecular flexibility index (Phi) is 4.36. The van der Waals surface area contributed by atoms with Crippen LogP contribution in [-0.4, -0.2) is 0 Å². The van der Waals surface area contributed by atoms with E-state index in [1.54, 1.807) is 18.2 Å². The van der Waals surface area contributed by atoms with Crippen LogP contribution >= 0.6 is 0 Å². The highest BCUT2D eigenvalue weighted by molar-refractivity contribution is 5.79. The van der Waals surface area contributed by atoms with Gasteiger partial charge in [-0.15, -0.1) is 0 Å². The molecule has 2 rings (SSSR count). The molecule has 20 heavy (non-hydrogen) atoms. The van der Waals surface area contributed by atoms with Crippen molar-refractivity contribution in [2.24, 2.45) is 0 Å². The zero-order chi connectivity index (χ0) is 14.5.